The van der Waals surface area contributed by atoms with Crippen LogP contribution in [-0.4, -0.2) is 55.1 Å². The van der Waals surface area contributed by atoms with Gasteiger partial charge in [0.15, 0.2) is 29.8 Å². The fourth-order valence-electron chi connectivity index (χ4n) is 6.37. The molecule has 0 saturated carbocycles. The van der Waals surface area contributed by atoms with E-state index in [2.05, 4.69) is 0 Å². The number of rotatable bonds is 18. The van der Waals surface area contributed by atoms with Crippen LogP contribution in [0.1, 0.15) is 76.2 Å². The van der Waals surface area contributed by atoms with Gasteiger partial charge in [-0.05, 0) is 51.2 Å². The quantitative estimate of drug-likeness (QED) is 0.0385. The first-order valence-electron chi connectivity index (χ1n) is 16.1. The Kier molecular flexibility index (Phi) is 12.7. The molecule has 3 aromatic rings. The number of carboxylic acids is 1. The number of allylic oxidation sites excluding steroid dienone is 3. The number of hydrogen-bond donors (Lipinski definition) is 2. The van der Waals surface area contributed by atoms with E-state index >= 15 is 8.78 Å². The Bertz CT molecular complexity index is 2070. The molecular weight excluding hydrogens is 727 g/mol. The second kappa shape index (κ2) is 16.2. The number of aromatic nitrogens is 1. The number of halogens is 5. The standard InChI is InChI=1S/C33H37F5N2O9S2/c1-33(15-4-7-18-50(43,44)45)24(40(17-5-2-3-12-26(41)42)32-27(33)28(35)29(36)30(37)31(32)38)10-9-11-25-39(16-6-8-19-51(46,47)48)22-14-13-21(34)20-23(22)49-25/h9-11,13-14,20H,2-8,12,15-19H2,1H3,(H2-,41,42,43,44,45,46,47,48). The predicted molar refractivity (Wildman–Crippen MR) is 175 cm³/mol. The Morgan fingerprint density at radius 3 is 2.29 bits per heavy atom. The molecule has 1 aliphatic rings. The van der Waals surface area contributed by atoms with Crippen molar-refractivity contribution in [1.29, 1.82) is 0 Å². The van der Waals surface area contributed by atoms with Crippen LogP contribution in [0.25, 0.3) is 17.2 Å². The van der Waals surface area contributed by atoms with Crippen LogP contribution in [0.4, 0.5) is 27.6 Å². The molecule has 1 unspecified atom stereocenters. The summed E-state index contributed by atoms with van der Waals surface area (Å²) in [6.45, 7) is 1.54. The Hall–Kier alpha value is -3.87. The molecular formula is C33H37F5N2O9S2. The van der Waals surface area contributed by atoms with Gasteiger partial charge < -0.3 is 19.0 Å². The van der Waals surface area contributed by atoms with Gasteiger partial charge in [-0.15, -0.1) is 0 Å². The van der Waals surface area contributed by atoms with Gasteiger partial charge in [0.1, 0.15) is 5.82 Å². The van der Waals surface area contributed by atoms with E-state index in [1.165, 1.54) is 42.2 Å². The maximum absolute atomic E-state index is 15.7. The molecule has 1 aliphatic heterocycles. The van der Waals surface area contributed by atoms with Gasteiger partial charge in [0.05, 0.1) is 27.6 Å². The summed E-state index contributed by atoms with van der Waals surface area (Å²) in [5, 5.41) is 8.99. The Labute approximate surface area is 291 Å². The molecule has 2 N–H and O–H groups in total. The summed E-state index contributed by atoms with van der Waals surface area (Å²) in [5.74, 6) is -10.1. The molecule has 51 heavy (non-hydrogen) atoms. The van der Waals surface area contributed by atoms with Gasteiger partial charge in [-0.3, -0.25) is 9.35 Å². The van der Waals surface area contributed by atoms with Gasteiger partial charge in [-0.25, -0.2) is 30.4 Å². The second-order valence-electron chi connectivity index (χ2n) is 12.5. The van der Waals surface area contributed by atoms with Gasteiger partial charge in [-0.2, -0.15) is 13.0 Å². The van der Waals surface area contributed by atoms with Crippen LogP contribution in [0.2, 0.25) is 0 Å². The molecule has 0 aliphatic carbocycles. The minimum atomic E-state index is -4.45. The molecule has 18 heteroatoms. The number of fused-ring (bicyclic) bond motifs is 2. The molecule has 0 spiro atoms. The van der Waals surface area contributed by atoms with E-state index in [1.54, 1.807) is 4.57 Å². The molecule has 0 fully saturated rings. The molecule has 0 amide bonds. The molecule has 11 nitrogen and oxygen atoms in total. The molecule has 0 bridgehead atoms. The number of hydrogen-bond acceptors (Lipinski definition) is 8. The largest absolute Gasteiger partial charge is 0.748 e. The predicted octanol–water partition coefficient (Wildman–Crippen LogP) is 6.12. The number of aliphatic carboxylic acids is 1. The zero-order valence-corrected chi connectivity index (χ0v) is 29.1. The van der Waals surface area contributed by atoms with Gasteiger partial charge in [-0.1, -0.05) is 18.9 Å². The van der Waals surface area contributed by atoms with Crippen molar-refractivity contribution in [2.75, 3.05) is 23.0 Å². The molecule has 280 valence electrons. The first-order chi connectivity index (χ1) is 23.8. The van der Waals surface area contributed by atoms with E-state index < -0.39 is 83.5 Å². The summed E-state index contributed by atoms with van der Waals surface area (Å²) < 4.78 is 147. The summed E-state index contributed by atoms with van der Waals surface area (Å²) in [4.78, 5) is 12.3. The van der Waals surface area contributed by atoms with Gasteiger partial charge in [0.2, 0.25) is 5.58 Å². The van der Waals surface area contributed by atoms with Crippen LogP contribution in [0.3, 0.4) is 0 Å². The number of oxazole rings is 1. The summed E-state index contributed by atoms with van der Waals surface area (Å²) in [5.41, 5.74) is -1.91. The molecule has 1 aromatic heterocycles. The van der Waals surface area contributed by atoms with E-state index in [4.69, 9.17) is 9.52 Å². The lowest BCUT2D eigenvalue weighted by atomic mass is 9.76. The molecule has 2 aromatic carbocycles. The molecule has 0 radical (unpaired) electrons. The average Bonchev–Trinajstić information content (AvgIpc) is 3.49. The maximum Gasteiger partial charge on any atom is 0.374 e. The lowest BCUT2D eigenvalue weighted by molar-refractivity contribution is -0.678. The van der Waals surface area contributed by atoms with Crippen LogP contribution < -0.4 is 9.47 Å². The van der Waals surface area contributed by atoms with Gasteiger partial charge in [0, 0.05) is 53.9 Å². The Balaban J connectivity index is 1.79. The third-order valence-corrected chi connectivity index (χ3v) is 10.3. The van der Waals surface area contributed by atoms with Crippen molar-refractivity contribution >= 4 is 49.1 Å². The van der Waals surface area contributed by atoms with Crippen LogP contribution in [0.15, 0.2) is 40.5 Å². The number of aryl methyl sites for hydroxylation is 1. The fraction of sp³-hybridized carbons (Fsp3) is 0.455. The summed E-state index contributed by atoms with van der Waals surface area (Å²) in [6.07, 6.45) is 5.03. The highest BCUT2D eigenvalue weighted by molar-refractivity contribution is 7.85. The van der Waals surface area contributed by atoms with E-state index in [0.717, 1.165) is 6.07 Å². The highest BCUT2D eigenvalue weighted by atomic mass is 32.2. The smallest absolute Gasteiger partial charge is 0.374 e. The topological polar surface area (TPSA) is 169 Å². The number of unbranched alkanes of at least 4 members (excludes halogenated alkanes) is 4. The van der Waals surface area contributed by atoms with Gasteiger partial charge >= 0.3 is 11.9 Å². The van der Waals surface area contributed by atoms with Crippen molar-refractivity contribution in [2.45, 2.75) is 76.7 Å². The van der Waals surface area contributed by atoms with E-state index in [9.17, 15) is 43.9 Å². The van der Waals surface area contributed by atoms with Crippen molar-refractivity contribution in [3.8, 4) is 0 Å². The first-order valence-corrected chi connectivity index (χ1v) is 19.3. The SMILES string of the molecule is CC1(CCCCS(=O)(=O)O)/C(=C\C=C\c2oc3cc(F)ccc3[n+]2CCCCS(=O)(=O)[O-])N(CCCCCC(=O)O)c2c(F)c(F)c(F)c(F)c21. The lowest BCUT2D eigenvalue weighted by Crippen LogP contribution is -2.35. The van der Waals surface area contributed by atoms with Crippen LogP contribution >= 0.6 is 0 Å². The number of carbonyl (C=O) groups is 1. The summed E-state index contributed by atoms with van der Waals surface area (Å²) in [7, 11) is -8.81. The molecule has 0 saturated heterocycles. The zero-order chi connectivity index (χ0) is 37.7. The fourth-order valence-corrected chi connectivity index (χ4v) is 7.50. The number of benzene rings is 2. The van der Waals surface area contributed by atoms with Crippen molar-refractivity contribution in [3.05, 3.63) is 76.6 Å². The third kappa shape index (κ3) is 9.72. The Morgan fingerprint density at radius 2 is 1.63 bits per heavy atom. The monoisotopic (exact) mass is 764 g/mol. The van der Waals surface area contributed by atoms with E-state index in [0.29, 0.717) is 11.9 Å². The summed E-state index contributed by atoms with van der Waals surface area (Å²) >= 11 is 0. The molecule has 1 atom stereocenters. The van der Waals surface area contributed by atoms with Crippen molar-refractivity contribution in [2.24, 2.45) is 0 Å². The van der Waals surface area contributed by atoms with Gasteiger partial charge in [0.25, 0.3) is 15.6 Å². The van der Waals surface area contributed by atoms with Crippen molar-refractivity contribution < 1.29 is 66.8 Å². The van der Waals surface area contributed by atoms with Crippen LogP contribution in [-0.2, 0) is 37.0 Å². The highest BCUT2D eigenvalue weighted by Gasteiger charge is 2.49. The van der Waals surface area contributed by atoms with E-state index in [-0.39, 0.29) is 81.6 Å². The van der Waals surface area contributed by atoms with Crippen molar-refractivity contribution in [1.82, 2.24) is 0 Å². The summed E-state index contributed by atoms with van der Waals surface area (Å²) in [6, 6.07) is 3.75. The van der Waals surface area contributed by atoms with Crippen LogP contribution in [0, 0.1) is 29.1 Å². The maximum atomic E-state index is 15.7. The van der Waals surface area contributed by atoms with Crippen molar-refractivity contribution in [3.63, 3.8) is 0 Å². The highest BCUT2D eigenvalue weighted by Crippen LogP contribution is 2.54. The minimum Gasteiger partial charge on any atom is -0.748 e. The molecule has 2 heterocycles. The lowest BCUT2D eigenvalue weighted by Gasteiger charge is -2.30. The number of anilines is 1. The van der Waals surface area contributed by atoms with E-state index in [1.807, 2.05) is 0 Å². The average molecular weight is 765 g/mol. The zero-order valence-electron chi connectivity index (χ0n) is 27.5. The number of nitrogens with zero attached hydrogens (tertiary/aromatic N) is 2. The molecule has 4 rings (SSSR count). The van der Waals surface area contributed by atoms with Crippen LogP contribution in [0.5, 0.6) is 0 Å². The Morgan fingerprint density at radius 1 is 0.941 bits per heavy atom. The number of carboxylic acid groups (broad SMARTS) is 1. The third-order valence-electron chi connectivity index (χ3n) is 8.73. The minimum absolute atomic E-state index is 0.0253. The first kappa shape index (κ1) is 39.9. The normalized spacial score (nSPS) is 17.3. The second-order valence-corrected chi connectivity index (χ2v) is 15.6.